The summed E-state index contributed by atoms with van der Waals surface area (Å²) in [5.41, 5.74) is 0.575. The summed E-state index contributed by atoms with van der Waals surface area (Å²) in [6.45, 7) is 0. The molecule has 1 aromatic carbocycles. The lowest BCUT2D eigenvalue weighted by molar-refractivity contribution is -0.115. The number of benzene rings is 1. The van der Waals surface area contributed by atoms with Gasteiger partial charge in [0.25, 0.3) is 5.78 Å². The van der Waals surface area contributed by atoms with Crippen LogP contribution < -0.4 is 5.32 Å². The normalized spacial score (nSPS) is 10.8. The number of carbonyl (C=O) groups is 1. The molecule has 2 heterocycles. The molecule has 3 aromatic rings. The van der Waals surface area contributed by atoms with Gasteiger partial charge in [-0.15, -0.1) is 5.10 Å². The molecule has 0 atom stereocenters. The first-order valence-electron chi connectivity index (χ1n) is 6.56. The van der Waals surface area contributed by atoms with Crippen molar-refractivity contribution in [3.05, 3.63) is 48.5 Å². The van der Waals surface area contributed by atoms with E-state index in [2.05, 4.69) is 20.4 Å². The second kappa shape index (κ2) is 6.52. The number of nitrogens with one attached hydrogen (secondary N) is 1. The van der Waals surface area contributed by atoms with E-state index in [0.717, 1.165) is 0 Å². The summed E-state index contributed by atoms with van der Waals surface area (Å²) in [6, 6.07) is 7.42. The van der Waals surface area contributed by atoms with E-state index in [1.165, 1.54) is 36.0 Å². The average Bonchev–Trinajstić information content (AvgIpc) is 2.92. The Morgan fingerprint density at radius 3 is 2.91 bits per heavy atom. The van der Waals surface area contributed by atoms with E-state index >= 15 is 0 Å². The number of anilines is 1. The summed E-state index contributed by atoms with van der Waals surface area (Å²) in [6.07, 6.45) is 3.72. The highest BCUT2D eigenvalue weighted by molar-refractivity contribution is 7.99. The molecular weight excluding hydrogens is 305 g/mol. The molecule has 112 valence electrons. The van der Waals surface area contributed by atoms with Crippen molar-refractivity contribution in [2.45, 2.75) is 11.6 Å². The van der Waals surface area contributed by atoms with E-state index in [4.69, 9.17) is 0 Å². The minimum absolute atomic E-state index is 0.138. The fourth-order valence-corrected chi connectivity index (χ4v) is 2.53. The molecule has 0 unspecified atom stereocenters. The first kappa shape index (κ1) is 14.5. The number of hydrogen-bond donors (Lipinski definition) is 1. The fourth-order valence-electron chi connectivity index (χ4n) is 1.77. The first-order valence-corrected chi connectivity index (χ1v) is 7.55. The van der Waals surface area contributed by atoms with E-state index in [9.17, 15) is 9.18 Å². The zero-order valence-corrected chi connectivity index (χ0v) is 12.3. The molecule has 0 aliphatic rings. The molecule has 0 aliphatic heterocycles. The number of aromatic nitrogens is 4. The van der Waals surface area contributed by atoms with Crippen LogP contribution >= 0.6 is 11.8 Å². The summed E-state index contributed by atoms with van der Waals surface area (Å²) in [5.74, 6) is 0.603. The number of hydrogen-bond acceptors (Lipinski definition) is 5. The summed E-state index contributed by atoms with van der Waals surface area (Å²) in [7, 11) is 0. The molecular formula is C14H12FN5OS. The third-order valence-corrected chi connectivity index (χ3v) is 3.62. The maximum absolute atomic E-state index is 12.8. The maximum atomic E-state index is 12.8. The van der Waals surface area contributed by atoms with Gasteiger partial charge in [-0.3, -0.25) is 4.79 Å². The molecule has 3 rings (SSSR count). The van der Waals surface area contributed by atoms with Crippen molar-refractivity contribution in [3.8, 4) is 0 Å². The standard InChI is InChI=1S/C14H12FN5OS/c15-10-2-4-11(5-3-10)17-12(21)6-9-22-14-18-13-16-7-1-8-20(13)19-14/h1-5,7-8H,6,9H2,(H,17,21). The quantitative estimate of drug-likeness (QED) is 0.732. The van der Waals surface area contributed by atoms with Gasteiger partial charge in [0, 0.05) is 30.3 Å². The second-order valence-corrected chi connectivity index (χ2v) is 5.47. The summed E-state index contributed by atoms with van der Waals surface area (Å²) >= 11 is 1.38. The number of rotatable bonds is 5. The lowest BCUT2D eigenvalue weighted by Crippen LogP contribution is -2.12. The van der Waals surface area contributed by atoms with Gasteiger partial charge in [0.1, 0.15) is 5.82 Å². The van der Waals surface area contributed by atoms with E-state index in [1.807, 2.05) is 0 Å². The Morgan fingerprint density at radius 2 is 2.14 bits per heavy atom. The smallest absolute Gasteiger partial charge is 0.253 e. The van der Waals surface area contributed by atoms with Gasteiger partial charge in [0.05, 0.1) is 0 Å². The van der Waals surface area contributed by atoms with Gasteiger partial charge in [-0.25, -0.2) is 13.9 Å². The molecule has 1 N–H and O–H groups in total. The fraction of sp³-hybridized carbons (Fsp3) is 0.143. The van der Waals surface area contributed by atoms with Crippen LogP contribution in [0.15, 0.2) is 47.9 Å². The molecule has 0 spiro atoms. The molecule has 0 fully saturated rings. The highest BCUT2D eigenvalue weighted by atomic mass is 32.2. The highest BCUT2D eigenvalue weighted by Crippen LogP contribution is 2.15. The molecule has 0 aliphatic carbocycles. The number of fused-ring (bicyclic) bond motifs is 1. The Balaban J connectivity index is 1.49. The van der Waals surface area contributed by atoms with Crippen LogP contribution in [0.1, 0.15) is 6.42 Å². The van der Waals surface area contributed by atoms with Gasteiger partial charge in [0.15, 0.2) is 0 Å². The zero-order valence-electron chi connectivity index (χ0n) is 11.4. The zero-order chi connectivity index (χ0) is 15.4. The Labute approximate surface area is 129 Å². The van der Waals surface area contributed by atoms with Crippen LogP contribution in [0.2, 0.25) is 0 Å². The van der Waals surface area contributed by atoms with Crippen molar-refractivity contribution in [2.75, 3.05) is 11.1 Å². The van der Waals surface area contributed by atoms with E-state index in [1.54, 1.807) is 23.0 Å². The van der Waals surface area contributed by atoms with E-state index in [-0.39, 0.29) is 11.7 Å². The SMILES string of the molecule is O=C(CCSc1nc2ncccn2n1)Nc1ccc(F)cc1. The summed E-state index contributed by atoms with van der Waals surface area (Å²) in [5, 5.41) is 7.52. The van der Waals surface area contributed by atoms with Crippen LogP contribution in [-0.4, -0.2) is 31.2 Å². The van der Waals surface area contributed by atoms with Crippen molar-refractivity contribution in [1.82, 2.24) is 19.6 Å². The van der Waals surface area contributed by atoms with Crippen LogP contribution in [0, 0.1) is 5.82 Å². The number of amides is 1. The molecule has 8 heteroatoms. The van der Waals surface area contributed by atoms with Crippen molar-refractivity contribution in [1.29, 1.82) is 0 Å². The third-order valence-electron chi connectivity index (χ3n) is 2.79. The minimum atomic E-state index is -0.333. The Morgan fingerprint density at radius 1 is 1.32 bits per heavy atom. The highest BCUT2D eigenvalue weighted by Gasteiger charge is 2.07. The van der Waals surface area contributed by atoms with Crippen LogP contribution in [0.5, 0.6) is 0 Å². The van der Waals surface area contributed by atoms with Crippen molar-refractivity contribution >= 4 is 29.1 Å². The van der Waals surface area contributed by atoms with Gasteiger partial charge in [-0.1, -0.05) is 11.8 Å². The van der Waals surface area contributed by atoms with Crippen LogP contribution in [0.3, 0.4) is 0 Å². The second-order valence-electron chi connectivity index (χ2n) is 4.41. The van der Waals surface area contributed by atoms with E-state index in [0.29, 0.717) is 28.8 Å². The molecule has 6 nitrogen and oxygen atoms in total. The van der Waals surface area contributed by atoms with Gasteiger partial charge < -0.3 is 5.32 Å². The predicted octanol–water partition coefficient (Wildman–Crippen LogP) is 2.38. The Hall–Kier alpha value is -2.48. The van der Waals surface area contributed by atoms with Crippen molar-refractivity contribution in [3.63, 3.8) is 0 Å². The third kappa shape index (κ3) is 3.59. The van der Waals surface area contributed by atoms with Gasteiger partial charge >= 0.3 is 0 Å². The van der Waals surface area contributed by atoms with E-state index < -0.39 is 0 Å². The molecule has 0 bridgehead atoms. The summed E-state index contributed by atoms with van der Waals surface area (Å²) in [4.78, 5) is 20.1. The Kier molecular flexibility index (Phi) is 4.29. The molecule has 22 heavy (non-hydrogen) atoms. The molecule has 0 radical (unpaired) electrons. The monoisotopic (exact) mass is 317 g/mol. The van der Waals surface area contributed by atoms with Gasteiger partial charge in [-0.2, -0.15) is 4.98 Å². The largest absolute Gasteiger partial charge is 0.326 e. The van der Waals surface area contributed by atoms with Crippen molar-refractivity contribution < 1.29 is 9.18 Å². The Bertz CT molecular complexity index is 756. The summed E-state index contributed by atoms with van der Waals surface area (Å²) < 4.78 is 14.3. The van der Waals surface area contributed by atoms with Crippen LogP contribution in [-0.2, 0) is 4.79 Å². The van der Waals surface area contributed by atoms with Crippen molar-refractivity contribution in [2.24, 2.45) is 0 Å². The van der Waals surface area contributed by atoms with Gasteiger partial charge in [-0.05, 0) is 30.3 Å². The molecule has 2 aromatic heterocycles. The minimum Gasteiger partial charge on any atom is -0.326 e. The maximum Gasteiger partial charge on any atom is 0.253 e. The number of halogens is 1. The molecule has 0 saturated carbocycles. The van der Waals surface area contributed by atoms with Crippen LogP contribution in [0.25, 0.3) is 5.78 Å². The lowest BCUT2D eigenvalue weighted by Gasteiger charge is -2.04. The topological polar surface area (TPSA) is 72.2 Å². The first-order chi connectivity index (χ1) is 10.7. The predicted molar refractivity (Wildman–Crippen MR) is 81.2 cm³/mol. The molecule has 0 saturated heterocycles. The number of nitrogens with zero attached hydrogens (tertiary/aromatic N) is 4. The van der Waals surface area contributed by atoms with Crippen LogP contribution in [0.4, 0.5) is 10.1 Å². The number of thioether (sulfide) groups is 1. The average molecular weight is 317 g/mol. The lowest BCUT2D eigenvalue weighted by atomic mass is 10.3. The van der Waals surface area contributed by atoms with Gasteiger partial charge in [0.2, 0.25) is 11.1 Å². The molecule has 1 amide bonds. The number of carbonyl (C=O) groups excluding carboxylic acids is 1.